The van der Waals surface area contributed by atoms with Gasteiger partial charge in [-0.15, -0.1) is 0 Å². The van der Waals surface area contributed by atoms with Gasteiger partial charge in [-0.2, -0.15) is 0 Å². The molecule has 6 heteroatoms. The topological polar surface area (TPSA) is 48.4 Å². The van der Waals surface area contributed by atoms with Crippen LogP contribution >= 0.6 is 0 Å². The van der Waals surface area contributed by atoms with Gasteiger partial charge in [-0.1, -0.05) is 18.2 Å². The van der Waals surface area contributed by atoms with Gasteiger partial charge in [0.05, 0.1) is 12.7 Å². The first-order chi connectivity index (χ1) is 11.1. The second kappa shape index (κ2) is 6.00. The minimum atomic E-state index is -1.02. The minimum Gasteiger partial charge on any atom is -0.465 e. The highest BCUT2D eigenvalue weighted by atomic mass is 19.2. The number of fused-ring (bicyclic) bond motifs is 1. The van der Waals surface area contributed by atoms with Gasteiger partial charge in [0, 0.05) is 23.0 Å². The van der Waals surface area contributed by atoms with Gasteiger partial charge in [0.25, 0.3) is 0 Å². The molecule has 0 saturated carbocycles. The standard InChI is InChI=1S/C17H11F2NO3/c1-22-17(21)13-9-20-16(12-5-3-2-4-11(12)13)23-10-6-7-14(18)15(19)8-10/h2-9H,1H3. The Balaban J connectivity index is 2.08. The lowest BCUT2D eigenvalue weighted by Gasteiger charge is -2.10. The molecule has 0 aliphatic heterocycles. The lowest BCUT2D eigenvalue weighted by molar-refractivity contribution is 0.0602. The second-order valence-corrected chi connectivity index (χ2v) is 4.69. The number of nitrogens with zero attached hydrogens (tertiary/aromatic N) is 1. The fraction of sp³-hybridized carbons (Fsp3) is 0.0588. The largest absolute Gasteiger partial charge is 0.465 e. The zero-order chi connectivity index (χ0) is 16.4. The number of pyridine rings is 1. The Bertz CT molecular complexity index is 896. The SMILES string of the molecule is COC(=O)c1cnc(Oc2ccc(F)c(F)c2)c2ccccc12. The second-order valence-electron chi connectivity index (χ2n) is 4.69. The number of aromatic nitrogens is 1. The molecule has 116 valence electrons. The van der Waals surface area contributed by atoms with Crippen molar-refractivity contribution in [3.63, 3.8) is 0 Å². The number of hydrogen-bond acceptors (Lipinski definition) is 4. The Morgan fingerprint density at radius 3 is 2.48 bits per heavy atom. The van der Waals surface area contributed by atoms with Crippen LogP contribution < -0.4 is 4.74 Å². The summed E-state index contributed by atoms with van der Waals surface area (Å²) in [6.45, 7) is 0. The summed E-state index contributed by atoms with van der Waals surface area (Å²) in [4.78, 5) is 15.9. The van der Waals surface area contributed by atoms with Crippen molar-refractivity contribution < 1.29 is 23.0 Å². The summed E-state index contributed by atoms with van der Waals surface area (Å²) in [7, 11) is 1.28. The van der Waals surface area contributed by atoms with E-state index < -0.39 is 17.6 Å². The van der Waals surface area contributed by atoms with Crippen molar-refractivity contribution in [2.45, 2.75) is 0 Å². The van der Waals surface area contributed by atoms with Gasteiger partial charge in [-0.3, -0.25) is 0 Å². The minimum absolute atomic E-state index is 0.104. The highest BCUT2D eigenvalue weighted by molar-refractivity contribution is 6.05. The van der Waals surface area contributed by atoms with E-state index in [1.807, 2.05) is 0 Å². The molecule has 0 N–H and O–H groups in total. The fourth-order valence-electron chi connectivity index (χ4n) is 2.17. The molecule has 3 aromatic rings. The zero-order valence-corrected chi connectivity index (χ0v) is 12.0. The Morgan fingerprint density at radius 1 is 1.04 bits per heavy atom. The van der Waals surface area contributed by atoms with Crippen LogP contribution in [0.5, 0.6) is 11.6 Å². The van der Waals surface area contributed by atoms with Crippen molar-refractivity contribution in [1.82, 2.24) is 4.98 Å². The average Bonchev–Trinajstić information content (AvgIpc) is 2.58. The Morgan fingerprint density at radius 2 is 1.78 bits per heavy atom. The van der Waals surface area contributed by atoms with Crippen LogP contribution in [0.3, 0.4) is 0 Å². The molecule has 1 aromatic heterocycles. The van der Waals surface area contributed by atoms with Gasteiger partial charge in [0.2, 0.25) is 5.88 Å². The van der Waals surface area contributed by atoms with E-state index in [1.54, 1.807) is 24.3 Å². The fourth-order valence-corrected chi connectivity index (χ4v) is 2.17. The summed E-state index contributed by atoms with van der Waals surface area (Å²) in [5.74, 6) is -2.21. The normalized spacial score (nSPS) is 10.6. The summed E-state index contributed by atoms with van der Waals surface area (Å²) >= 11 is 0. The lowest BCUT2D eigenvalue weighted by atomic mass is 10.1. The molecule has 0 aliphatic rings. The summed E-state index contributed by atoms with van der Waals surface area (Å²) in [5.41, 5.74) is 0.292. The predicted molar refractivity (Wildman–Crippen MR) is 79.5 cm³/mol. The molecular weight excluding hydrogens is 304 g/mol. The van der Waals surface area contributed by atoms with Crippen LogP contribution in [0.25, 0.3) is 10.8 Å². The van der Waals surface area contributed by atoms with Crippen molar-refractivity contribution in [1.29, 1.82) is 0 Å². The van der Waals surface area contributed by atoms with Crippen LogP contribution in [0.1, 0.15) is 10.4 Å². The third-order valence-electron chi connectivity index (χ3n) is 3.27. The van der Waals surface area contributed by atoms with E-state index in [0.29, 0.717) is 16.3 Å². The molecule has 0 aliphatic carbocycles. The zero-order valence-electron chi connectivity index (χ0n) is 12.0. The number of carbonyl (C=O) groups excluding carboxylic acids is 1. The first kappa shape index (κ1) is 14.9. The maximum Gasteiger partial charge on any atom is 0.340 e. The number of rotatable bonds is 3. The monoisotopic (exact) mass is 315 g/mol. The van der Waals surface area contributed by atoms with Crippen LogP contribution in [0.15, 0.2) is 48.7 Å². The summed E-state index contributed by atoms with van der Waals surface area (Å²) < 4.78 is 36.5. The number of hydrogen-bond donors (Lipinski definition) is 0. The maximum absolute atomic E-state index is 13.3. The number of methoxy groups -OCH3 is 1. The van der Waals surface area contributed by atoms with Crippen LogP contribution in [0.2, 0.25) is 0 Å². The first-order valence-corrected chi connectivity index (χ1v) is 6.69. The molecule has 0 amide bonds. The van der Waals surface area contributed by atoms with Gasteiger partial charge in [-0.25, -0.2) is 18.6 Å². The van der Waals surface area contributed by atoms with Gasteiger partial charge in [0.1, 0.15) is 5.75 Å². The van der Waals surface area contributed by atoms with E-state index in [9.17, 15) is 13.6 Å². The van der Waals surface area contributed by atoms with Gasteiger partial charge < -0.3 is 9.47 Å². The molecule has 4 nitrogen and oxygen atoms in total. The molecule has 0 spiro atoms. The van der Waals surface area contributed by atoms with E-state index in [4.69, 9.17) is 9.47 Å². The molecule has 0 saturated heterocycles. The molecule has 3 rings (SSSR count). The third-order valence-corrected chi connectivity index (χ3v) is 3.27. The highest BCUT2D eigenvalue weighted by Gasteiger charge is 2.15. The van der Waals surface area contributed by atoms with Crippen molar-refractivity contribution in [2.24, 2.45) is 0 Å². The molecule has 2 aromatic carbocycles. The molecule has 0 fully saturated rings. The number of carbonyl (C=O) groups is 1. The lowest BCUT2D eigenvalue weighted by Crippen LogP contribution is -2.04. The number of ether oxygens (including phenoxy) is 2. The average molecular weight is 315 g/mol. The van der Waals surface area contributed by atoms with E-state index in [2.05, 4.69) is 4.98 Å². The van der Waals surface area contributed by atoms with Crippen molar-refractivity contribution >= 4 is 16.7 Å². The summed E-state index contributed by atoms with van der Waals surface area (Å²) in [6, 6.07) is 10.1. The molecule has 0 atom stereocenters. The number of esters is 1. The van der Waals surface area contributed by atoms with Gasteiger partial charge >= 0.3 is 5.97 Å². The van der Waals surface area contributed by atoms with E-state index in [1.165, 1.54) is 19.4 Å². The number of benzene rings is 2. The molecule has 23 heavy (non-hydrogen) atoms. The smallest absolute Gasteiger partial charge is 0.340 e. The van der Waals surface area contributed by atoms with Crippen molar-refractivity contribution in [3.8, 4) is 11.6 Å². The maximum atomic E-state index is 13.3. The van der Waals surface area contributed by atoms with Gasteiger partial charge in [-0.05, 0) is 18.2 Å². The molecule has 0 bridgehead atoms. The third kappa shape index (κ3) is 2.83. The van der Waals surface area contributed by atoms with Gasteiger partial charge in [0.15, 0.2) is 11.6 Å². The van der Waals surface area contributed by atoms with Crippen molar-refractivity contribution in [2.75, 3.05) is 7.11 Å². The van der Waals surface area contributed by atoms with E-state index in [0.717, 1.165) is 12.1 Å². The predicted octanol–water partition coefficient (Wildman–Crippen LogP) is 4.09. The quantitative estimate of drug-likeness (QED) is 0.683. The Hall–Kier alpha value is -3.02. The van der Waals surface area contributed by atoms with Crippen LogP contribution in [-0.4, -0.2) is 18.1 Å². The van der Waals surface area contributed by atoms with Crippen molar-refractivity contribution in [3.05, 3.63) is 65.9 Å². The molecule has 0 radical (unpaired) electrons. The van der Waals surface area contributed by atoms with E-state index >= 15 is 0 Å². The Labute approximate surface area is 130 Å². The number of halogens is 2. The molecule has 0 unspecified atom stereocenters. The molecular formula is C17H11F2NO3. The van der Waals surface area contributed by atoms with E-state index in [-0.39, 0.29) is 11.6 Å². The molecule has 1 heterocycles. The summed E-state index contributed by atoms with van der Waals surface area (Å²) in [5, 5.41) is 1.15. The highest BCUT2D eigenvalue weighted by Crippen LogP contribution is 2.30. The van der Waals surface area contributed by atoms with Crippen LogP contribution in [0, 0.1) is 11.6 Å². The summed E-state index contributed by atoms with van der Waals surface area (Å²) in [6.07, 6.45) is 1.32. The van der Waals surface area contributed by atoms with Crippen LogP contribution in [0.4, 0.5) is 8.78 Å². The first-order valence-electron chi connectivity index (χ1n) is 6.69. The van der Waals surface area contributed by atoms with Crippen LogP contribution in [-0.2, 0) is 4.74 Å². The Kier molecular flexibility index (Phi) is 3.89.